The topological polar surface area (TPSA) is 38.7 Å². The van der Waals surface area contributed by atoms with E-state index in [9.17, 15) is 8.78 Å². The molecule has 0 aliphatic carbocycles. The number of benzene rings is 1. The SMILES string of the molecule is CC(C)(I)OCCC(C)(C)Oc1cc(F)c(CO)c(F)c1. The highest BCUT2D eigenvalue weighted by atomic mass is 127. The van der Waals surface area contributed by atoms with E-state index in [-0.39, 0.29) is 14.9 Å². The minimum absolute atomic E-state index is 0.0981. The molecular formula is C15H21F2IO3. The summed E-state index contributed by atoms with van der Waals surface area (Å²) in [5.41, 5.74) is -0.975. The molecular weight excluding hydrogens is 393 g/mol. The van der Waals surface area contributed by atoms with Gasteiger partial charge in [0.15, 0.2) is 0 Å². The predicted molar refractivity (Wildman–Crippen MR) is 85.7 cm³/mol. The molecule has 21 heavy (non-hydrogen) atoms. The molecule has 0 spiro atoms. The Morgan fingerprint density at radius 1 is 1.14 bits per heavy atom. The number of aliphatic hydroxyl groups excluding tert-OH is 1. The molecule has 0 heterocycles. The third-order valence-corrected chi connectivity index (χ3v) is 3.13. The first-order valence-electron chi connectivity index (χ1n) is 6.65. The molecule has 6 heteroatoms. The third-order valence-electron chi connectivity index (χ3n) is 2.82. The maximum Gasteiger partial charge on any atom is 0.135 e. The minimum Gasteiger partial charge on any atom is -0.488 e. The molecule has 0 aliphatic rings. The van der Waals surface area contributed by atoms with E-state index in [0.717, 1.165) is 12.1 Å². The molecule has 0 unspecified atom stereocenters. The quantitative estimate of drug-likeness (QED) is 0.537. The summed E-state index contributed by atoms with van der Waals surface area (Å²) in [5, 5.41) is 8.88. The Bertz CT molecular complexity index is 461. The number of aliphatic hydroxyl groups is 1. The fourth-order valence-electron chi connectivity index (χ4n) is 1.70. The molecule has 0 bridgehead atoms. The first-order chi connectivity index (χ1) is 9.54. The van der Waals surface area contributed by atoms with E-state index in [0.29, 0.717) is 13.0 Å². The van der Waals surface area contributed by atoms with Crippen LogP contribution in [0.4, 0.5) is 8.78 Å². The van der Waals surface area contributed by atoms with Gasteiger partial charge < -0.3 is 14.6 Å². The summed E-state index contributed by atoms with van der Waals surface area (Å²) in [7, 11) is 0. The largest absolute Gasteiger partial charge is 0.488 e. The second kappa shape index (κ2) is 7.19. The van der Waals surface area contributed by atoms with Gasteiger partial charge in [-0.3, -0.25) is 0 Å². The van der Waals surface area contributed by atoms with E-state index in [1.54, 1.807) is 0 Å². The van der Waals surface area contributed by atoms with E-state index >= 15 is 0 Å². The summed E-state index contributed by atoms with van der Waals surface area (Å²) in [6.07, 6.45) is 0.574. The smallest absolute Gasteiger partial charge is 0.135 e. The van der Waals surface area contributed by atoms with Crippen LogP contribution in [0.5, 0.6) is 5.75 Å². The van der Waals surface area contributed by atoms with Crippen molar-refractivity contribution in [2.75, 3.05) is 6.61 Å². The third kappa shape index (κ3) is 6.44. The highest BCUT2D eigenvalue weighted by molar-refractivity contribution is 14.1. The van der Waals surface area contributed by atoms with Gasteiger partial charge in [-0.15, -0.1) is 0 Å². The maximum atomic E-state index is 13.6. The summed E-state index contributed by atoms with van der Waals surface area (Å²) >= 11 is 2.18. The van der Waals surface area contributed by atoms with Crippen molar-refractivity contribution in [3.05, 3.63) is 29.3 Å². The van der Waals surface area contributed by atoms with Gasteiger partial charge in [0, 0.05) is 24.1 Å². The highest BCUT2D eigenvalue weighted by Gasteiger charge is 2.23. The van der Waals surface area contributed by atoms with Crippen molar-refractivity contribution >= 4 is 22.6 Å². The van der Waals surface area contributed by atoms with Crippen LogP contribution in [-0.4, -0.2) is 20.9 Å². The summed E-state index contributed by atoms with van der Waals surface area (Å²) in [5.74, 6) is -1.53. The molecule has 0 saturated heterocycles. The Hall–Kier alpha value is -0.470. The second-order valence-electron chi connectivity index (χ2n) is 5.85. The van der Waals surface area contributed by atoms with E-state index < -0.39 is 23.8 Å². The zero-order valence-corrected chi connectivity index (χ0v) is 14.8. The van der Waals surface area contributed by atoms with Gasteiger partial charge in [-0.05, 0) is 50.3 Å². The van der Waals surface area contributed by atoms with Crippen LogP contribution in [0.25, 0.3) is 0 Å². The first kappa shape index (κ1) is 18.6. The van der Waals surface area contributed by atoms with Crippen LogP contribution in [0.1, 0.15) is 39.7 Å². The summed E-state index contributed by atoms with van der Waals surface area (Å²) in [4.78, 5) is 0. The minimum atomic E-state index is -0.812. The monoisotopic (exact) mass is 414 g/mol. The van der Waals surface area contributed by atoms with Crippen LogP contribution in [0.3, 0.4) is 0 Å². The molecule has 1 N–H and O–H groups in total. The van der Waals surface area contributed by atoms with Crippen molar-refractivity contribution in [1.82, 2.24) is 0 Å². The van der Waals surface area contributed by atoms with Crippen LogP contribution in [-0.2, 0) is 11.3 Å². The number of alkyl halides is 1. The van der Waals surface area contributed by atoms with Crippen molar-refractivity contribution < 1.29 is 23.4 Å². The van der Waals surface area contributed by atoms with Crippen LogP contribution < -0.4 is 4.74 Å². The van der Waals surface area contributed by atoms with E-state index in [2.05, 4.69) is 22.6 Å². The number of hydrogen-bond acceptors (Lipinski definition) is 3. The summed E-state index contributed by atoms with van der Waals surface area (Å²) < 4.78 is 38.2. The standard InChI is InChI=1S/C15H21F2IO3/c1-14(2,5-6-20-15(3,4)18)21-10-7-12(16)11(9-19)13(17)8-10/h7-8,19H,5-6,9H2,1-4H3. The highest BCUT2D eigenvalue weighted by Crippen LogP contribution is 2.27. The number of rotatable bonds is 7. The van der Waals surface area contributed by atoms with Gasteiger partial charge in [-0.1, -0.05) is 0 Å². The Morgan fingerprint density at radius 3 is 2.10 bits per heavy atom. The maximum absolute atomic E-state index is 13.6. The zero-order valence-electron chi connectivity index (χ0n) is 12.7. The van der Waals surface area contributed by atoms with Crippen LogP contribution in [0, 0.1) is 11.6 Å². The fraction of sp³-hybridized carbons (Fsp3) is 0.600. The van der Waals surface area contributed by atoms with Gasteiger partial charge >= 0.3 is 0 Å². The molecule has 0 radical (unpaired) electrons. The van der Waals surface area contributed by atoms with Crippen molar-refractivity contribution in [2.45, 2.75) is 49.9 Å². The molecule has 1 aromatic rings. The second-order valence-corrected chi connectivity index (χ2v) is 8.45. The van der Waals surface area contributed by atoms with E-state index in [4.69, 9.17) is 14.6 Å². The van der Waals surface area contributed by atoms with Gasteiger partial charge in [0.1, 0.15) is 26.6 Å². The normalized spacial score (nSPS) is 12.6. The molecule has 0 aromatic heterocycles. The number of halogens is 3. The van der Waals surface area contributed by atoms with E-state index in [1.165, 1.54) is 0 Å². The van der Waals surface area contributed by atoms with Gasteiger partial charge in [0.2, 0.25) is 0 Å². The van der Waals surface area contributed by atoms with Crippen LogP contribution >= 0.6 is 22.6 Å². The Balaban J connectivity index is 2.71. The molecule has 1 aromatic carbocycles. The average molecular weight is 414 g/mol. The molecule has 3 nitrogen and oxygen atoms in total. The Morgan fingerprint density at radius 2 is 1.67 bits per heavy atom. The Kier molecular flexibility index (Phi) is 6.36. The molecule has 120 valence electrons. The van der Waals surface area contributed by atoms with Crippen LogP contribution in [0.15, 0.2) is 12.1 Å². The molecule has 0 atom stereocenters. The zero-order chi connectivity index (χ0) is 16.3. The summed E-state index contributed by atoms with van der Waals surface area (Å²) in [6.45, 7) is 7.33. The van der Waals surface area contributed by atoms with Crippen LogP contribution in [0.2, 0.25) is 0 Å². The lowest BCUT2D eigenvalue weighted by Crippen LogP contribution is -2.31. The van der Waals surface area contributed by atoms with Gasteiger partial charge in [0.25, 0.3) is 0 Å². The first-order valence-corrected chi connectivity index (χ1v) is 7.72. The van der Waals surface area contributed by atoms with E-state index in [1.807, 2.05) is 27.7 Å². The lowest BCUT2D eigenvalue weighted by molar-refractivity contribution is 0.0158. The molecule has 0 saturated carbocycles. The Labute approximate surface area is 137 Å². The number of hydrogen-bond donors (Lipinski definition) is 1. The van der Waals surface area contributed by atoms with Crippen molar-refractivity contribution in [2.24, 2.45) is 0 Å². The fourth-order valence-corrected chi connectivity index (χ4v) is 1.92. The number of ether oxygens (including phenoxy) is 2. The van der Waals surface area contributed by atoms with Crippen molar-refractivity contribution in [3.63, 3.8) is 0 Å². The average Bonchev–Trinajstić information content (AvgIpc) is 2.25. The van der Waals surface area contributed by atoms with Crippen molar-refractivity contribution in [1.29, 1.82) is 0 Å². The van der Waals surface area contributed by atoms with Crippen molar-refractivity contribution in [3.8, 4) is 5.75 Å². The van der Waals surface area contributed by atoms with Gasteiger partial charge in [-0.25, -0.2) is 8.78 Å². The van der Waals surface area contributed by atoms with Gasteiger partial charge in [-0.2, -0.15) is 0 Å². The van der Waals surface area contributed by atoms with Gasteiger partial charge in [0.05, 0.1) is 13.2 Å². The predicted octanol–water partition coefficient (Wildman–Crippen LogP) is 4.19. The lowest BCUT2D eigenvalue weighted by atomic mass is 10.1. The molecule has 0 fully saturated rings. The molecule has 0 amide bonds. The molecule has 1 rings (SSSR count). The lowest BCUT2D eigenvalue weighted by Gasteiger charge is -2.28. The molecule has 0 aliphatic heterocycles. The summed E-state index contributed by atoms with van der Waals surface area (Å²) in [6, 6.07) is 2.17.